The van der Waals surface area contributed by atoms with Crippen LogP contribution in [-0.2, 0) is 0 Å². The SMILES string of the molecule is CC(CO)(CO)CO.COc1ccc(C=O)cc1C=O. The summed E-state index contributed by atoms with van der Waals surface area (Å²) in [6, 6.07) is 4.67. The van der Waals surface area contributed by atoms with Gasteiger partial charge in [-0.1, -0.05) is 6.92 Å². The molecule has 6 heteroatoms. The molecular weight excluding hydrogens is 264 g/mol. The molecule has 0 saturated heterocycles. The molecule has 3 N–H and O–H groups in total. The first kappa shape index (κ1) is 18.2. The van der Waals surface area contributed by atoms with Crippen LogP contribution in [-0.4, -0.2) is 54.8 Å². The number of aliphatic hydroxyl groups excluding tert-OH is 3. The topological polar surface area (TPSA) is 104 Å². The third-order valence-electron chi connectivity index (χ3n) is 2.66. The lowest BCUT2D eigenvalue weighted by atomic mass is 9.95. The Morgan fingerprint density at radius 2 is 1.65 bits per heavy atom. The molecule has 0 aliphatic rings. The summed E-state index contributed by atoms with van der Waals surface area (Å²) in [5, 5.41) is 25.4. The van der Waals surface area contributed by atoms with E-state index in [2.05, 4.69) is 0 Å². The van der Waals surface area contributed by atoms with E-state index in [9.17, 15) is 9.59 Å². The highest BCUT2D eigenvalue weighted by Gasteiger charge is 2.20. The molecule has 0 radical (unpaired) electrons. The maximum atomic E-state index is 10.5. The van der Waals surface area contributed by atoms with Gasteiger partial charge in [0.2, 0.25) is 0 Å². The van der Waals surface area contributed by atoms with E-state index < -0.39 is 5.41 Å². The number of aliphatic hydroxyl groups is 3. The number of methoxy groups -OCH3 is 1. The van der Waals surface area contributed by atoms with Crippen molar-refractivity contribution in [2.45, 2.75) is 6.92 Å². The summed E-state index contributed by atoms with van der Waals surface area (Å²) in [4.78, 5) is 20.8. The van der Waals surface area contributed by atoms with Crippen LogP contribution < -0.4 is 4.74 Å². The fourth-order valence-electron chi connectivity index (χ4n) is 1.07. The van der Waals surface area contributed by atoms with Crippen molar-refractivity contribution in [3.05, 3.63) is 29.3 Å². The van der Waals surface area contributed by atoms with Gasteiger partial charge in [-0.05, 0) is 18.2 Å². The molecule has 112 valence electrons. The molecule has 0 saturated carbocycles. The number of carbonyl (C=O) groups is 2. The van der Waals surface area contributed by atoms with Gasteiger partial charge in [0.15, 0.2) is 6.29 Å². The minimum Gasteiger partial charge on any atom is -0.496 e. The first-order valence-corrected chi connectivity index (χ1v) is 5.91. The maximum absolute atomic E-state index is 10.5. The molecule has 0 atom stereocenters. The number of rotatable bonds is 6. The van der Waals surface area contributed by atoms with Crippen molar-refractivity contribution in [1.29, 1.82) is 0 Å². The molecule has 1 aromatic rings. The summed E-state index contributed by atoms with van der Waals surface area (Å²) < 4.78 is 4.89. The summed E-state index contributed by atoms with van der Waals surface area (Å²) >= 11 is 0. The molecule has 0 aliphatic heterocycles. The summed E-state index contributed by atoms with van der Waals surface area (Å²) in [5.74, 6) is 0.482. The van der Waals surface area contributed by atoms with Crippen LogP contribution in [0, 0.1) is 5.41 Å². The molecule has 0 aromatic heterocycles. The van der Waals surface area contributed by atoms with Crippen LogP contribution in [0.15, 0.2) is 18.2 Å². The average Bonchev–Trinajstić information content (AvgIpc) is 2.53. The van der Waals surface area contributed by atoms with E-state index in [1.165, 1.54) is 13.2 Å². The fourth-order valence-corrected chi connectivity index (χ4v) is 1.07. The van der Waals surface area contributed by atoms with Crippen LogP contribution in [0.5, 0.6) is 5.75 Å². The van der Waals surface area contributed by atoms with Crippen molar-refractivity contribution in [2.75, 3.05) is 26.9 Å². The highest BCUT2D eigenvalue weighted by molar-refractivity contribution is 5.84. The highest BCUT2D eigenvalue weighted by atomic mass is 16.5. The Labute approximate surface area is 117 Å². The van der Waals surface area contributed by atoms with Gasteiger partial charge in [0.1, 0.15) is 12.0 Å². The van der Waals surface area contributed by atoms with Gasteiger partial charge in [0.05, 0.1) is 32.5 Å². The maximum Gasteiger partial charge on any atom is 0.153 e. The van der Waals surface area contributed by atoms with Crippen LogP contribution in [0.1, 0.15) is 27.6 Å². The van der Waals surface area contributed by atoms with Gasteiger partial charge in [0, 0.05) is 11.0 Å². The van der Waals surface area contributed by atoms with Crippen molar-refractivity contribution in [3.63, 3.8) is 0 Å². The van der Waals surface area contributed by atoms with Crippen LogP contribution in [0.3, 0.4) is 0 Å². The van der Waals surface area contributed by atoms with E-state index in [1.54, 1.807) is 19.1 Å². The van der Waals surface area contributed by atoms with Crippen molar-refractivity contribution in [1.82, 2.24) is 0 Å². The number of benzene rings is 1. The first-order chi connectivity index (χ1) is 9.49. The van der Waals surface area contributed by atoms with E-state index in [-0.39, 0.29) is 19.8 Å². The number of hydrogen-bond acceptors (Lipinski definition) is 6. The molecule has 20 heavy (non-hydrogen) atoms. The van der Waals surface area contributed by atoms with Gasteiger partial charge >= 0.3 is 0 Å². The number of aldehydes is 2. The van der Waals surface area contributed by atoms with Crippen LogP contribution >= 0.6 is 0 Å². The molecule has 0 amide bonds. The third kappa shape index (κ3) is 5.48. The molecule has 0 fully saturated rings. The second-order valence-corrected chi connectivity index (χ2v) is 4.52. The highest BCUT2D eigenvalue weighted by Crippen LogP contribution is 2.16. The minimum atomic E-state index is -0.708. The third-order valence-corrected chi connectivity index (χ3v) is 2.66. The van der Waals surface area contributed by atoms with Gasteiger partial charge in [0.25, 0.3) is 0 Å². The molecule has 1 rings (SSSR count). The number of hydrogen-bond donors (Lipinski definition) is 3. The lowest BCUT2D eigenvalue weighted by Crippen LogP contribution is -2.29. The Hall–Kier alpha value is -1.76. The van der Waals surface area contributed by atoms with Gasteiger partial charge in [-0.3, -0.25) is 9.59 Å². The quantitative estimate of drug-likeness (QED) is 0.649. The largest absolute Gasteiger partial charge is 0.496 e. The van der Waals surface area contributed by atoms with E-state index in [0.29, 0.717) is 29.4 Å². The predicted molar refractivity (Wildman–Crippen MR) is 73.1 cm³/mol. The Morgan fingerprint density at radius 1 is 1.10 bits per heavy atom. The summed E-state index contributed by atoms with van der Waals surface area (Å²) in [6.45, 7) is 1.06. The van der Waals surface area contributed by atoms with Crippen molar-refractivity contribution < 1.29 is 29.6 Å². The molecule has 0 heterocycles. The summed E-state index contributed by atoms with van der Waals surface area (Å²) in [7, 11) is 1.48. The van der Waals surface area contributed by atoms with Crippen molar-refractivity contribution in [3.8, 4) is 5.75 Å². The van der Waals surface area contributed by atoms with Gasteiger partial charge in [-0.25, -0.2) is 0 Å². The normalized spacial score (nSPS) is 10.2. The molecule has 0 unspecified atom stereocenters. The molecular formula is C14H20O6. The molecule has 0 aliphatic carbocycles. The lowest BCUT2D eigenvalue weighted by Gasteiger charge is -2.20. The Morgan fingerprint density at radius 3 is 1.95 bits per heavy atom. The smallest absolute Gasteiger partial charge is 0.153 e. The average molecular weight is 284 g/mol. The summed E-state index contributed by atoms with van der Waals surface area (Å²) in [6.07, 6.45) is 1.35. The minimum absolute atomic E-state index is 0.181. The Kier molecular flexibility index (Phi) is 8.38. The second kappa shape index (κ2) is 9.19. The van der Waals surface area contributed by atoms with Crippen LogP contribution in [0.2, 0.25) is 0 Å². The fraction of sp³-hybridized carbons (Fsp3) is 0.429. The Bertz CT molecular complexity index is 417. The van der Waals surface area contributed by atoms with Crippen LogP contribution in [0.4, 0.5) is 0 Å². The van der Waals surface area contributed by atoms with E-state index in [0.717, 1.165) is 0 Å². The molecule has 1 aromatic carbocycles. The molecule has 0 bridgehead atoms. The van der Waals surface area contributed by atoms with E-state index in [4.69, 9.17) is 20.1 Å². The van der Waals surface area contributed by atoms with E-state index in [1.807, 2.05) is 0 Å². The zero-order valence-electron chi connectivity index (χ0n) is 11.6. The Balaban J connectivity index is 0.000000396. The molecule has 6 nitrogen and oxygen atoms in total. The van der Waals surface area contributed by atoms with Crippen LogP contribution in [0.25, 0.3) is 0 Å². The van der Waals surface area contributed by atoms with Gasteiger partial charge in [-0.2, -0.15) is 0 Å². The lowest BCUT2D eigenvalue weighted by molar-refractivity contribution is 0.0200. The first-order valence-electron chi connectivity index (χ1n) is 5.91. The zero-order valence-corrected chi connectivity index (χ0v) is 11.6. The van der Waals surface area contributed by atoms with Crippen molar-refractivity contribution in [2.24, 2.45) is 5.41 Å². The zero-order chi connectivity index (χ0) is 15.6. The second-order valence-electron chi connectivity index (χ2n) is 4.52. The van der Waals surface area contributed by atoms with Gasteiger partial charge in [-0.15, -0.1) is 0 Å². The van der Waals surface area contributed by atoms with Crippen molar-refractivity contribution >= 4 is 12.6 Å². The monoisotopic (exact) mass is 284 g/mol. The van der Waals surface area contributed by atoms with Gasteiger partial charge < -0.3 is 20.1 Å². The number of carbonyl (C=O) groups excluding carboxylic acids is 2. The predicted octanol–water partition coefficient (Wildman–Crippen LogP) is 0.290. The number of ether oxygens (including phenoxy) is 1. The molecule has 0 spiro atoms. The van der Waals surface area contributed by atoms with E-state index >= 15 is 0 Å². The standard InChI is InChI=1S/C9H8O3.C5H12O3/c1-12-9-3-2-7(5-10)4-8(9)6-11;1-5(2-6,3-7)4-8/h2-6H,1H3;6-8H,2-4H2,1H3. The summed E-state index contributed by atoms with van der Waals surface area (Å²) in [5.41, 5.74) is 0.153.